The minimum Gasteiger partial charge on any atom is -0.277 e. The standard InChI is InChI=1S/C18H13Cl2FN6O3S2.C2H6/c1-9-23-24-17(31-9)15-16-22-7-11(8-27(16)26(2)18(15)28)25-32(29,30)4-3-12-13(19)5-10(21)6-14(12)20;1-2/h3-8,25H,1-2H3;1-2H3/b4-3+;. The summed E-state index contributed by atoms with van der Waals surface area (Å²) in [4.78, 5) is 16.9. The highest BCUT2D eigenvalue weighted by Gasteiger charge is 2.20. The first-order valence-electron chi connectivity index (χ1n) is 9.79. The van der Waals surface area contributed by atoms with E-state index >= 15 is 0 Å². The quantitative estimate of drug-likeness (QED) is 0.388. The van der Waals surface area contributed by atoms with Crippen LogP contribution in [0.15, 0.2) is 34.7 Å². The van der Waals surface area contributed by atoms with Gasteiger partial charge >= 0.3 is 0 Å². The molecule has 0 aliphatic heterocycles. The van der Waals surface area contributed by atoms with E-state index < -0.39 is 15.8 Å². The van der Waals surface area contributed by atoms with E-state index in [1.807, 2.05) is 13.8 Å². The van der Waals surface area contributed by atoms with E-state index in [0.29, 0.717) is 15.7 Å². The number of nitrogens with zero attached hydrogens (tertiary/aromatic N) is 5. The zero-order chi connectivity index (χ0) is 25.2. The van der Waals surface area contributed by atoms with E-state index in [4.69, 9.17) is 23.2 Å². The lowest BCUT2D eigenvalue weighted by Crippen LogP contribution is -2.16. The van der Waals surface area contributed by atoms with E-state index in [0.717, 1.165) is 23.6 Å². The van der Waals surface area contributed by atoms with Gasteiger partial charge in [-0.25, -0.2) is 27.0 Å². The second-order valence-electron chi connectivity index (χ2n) is 6.57. The van der Waals surface area contributed by atoms with Crippen molar-refractivity contribution in [3.05, 3.63) is 66.7 Å². The number of hydrogen-bond acceptors (Lipinski definition) is 7. The summed E-state index contributed by atoms with van der Waals surface area (Å²) in [5.74, 6) is -0.641. The van der Waals surface area contributed by atoms with Crippen LogP contribution in [0.25, 0.3) is 22.3 Å². The third-order valence-corrected chi connectivity index (χ3v) is 6.81. The van der Waals surface area contributed by atoms with Crippen LogP contribution in [-0.2, 0) is 17.1 Å². The molecule has 4 aromatic rings. The Hall–Kier alpha value is -2.80. The predicted octanol–water partition coefficient (Wildman–Crippen LogP) is 4.74. The molecule has 180 valence electrons. The van der Waals surface area contributed by atoms with E-state index in [1.54, 1.807) is 6.92 Å². The Morgan fingerprint density at radius 1 is 1.18 bits per heavy atom. The molecule has 0 saturated heterocycles. The molecule has 3 heterocycles. The molecule has 0 saturated carbocycles. The van der Waals surface area contributed by atoms with E-state index in [-0.39, 0.29) is 32.4 Å². The molecule has 3 aromatic heterocycles. The van der Waals surface area contributed by atoms with Gasteiger partial charge in [0.2, 0.25) is 0 Å². The molecule has 0 bridgehead atoms. The number of sulfonamides is 1. The van der Waals surface area contributed by atoms with Crippen molar-refractivity contribution < 1.29 is 12.8 Å². The van der Waals surface area contributed by atoms with Gasteiger partial charge in [-0.05, 0) is 25.1 Å². The van der Waals surface area contributed by atoms with Gasteiger partial charge in [-0.2, -0.15) is 0 Å². The third-order valence-electron chi connectivity index (χ3n) is 4.32. The third kappa shape index (κ3) is 5.30. The first-order valence-corrected chi connectivity index (χ1v) is 12.9. The lowest BCUT2D eigenvalue weighted by atomic mass is 10.2. The van der Waals surface area contributed by atoms with E-state index in [2.05, 4.69) is 19.9 Å². The number of aryl methyl sites for hydroxylation is 2. The summed E-state index contributed by atoms with van der Waals surface area (Å²) < 4.78 is 43.3. The molecule has 34 heavy (non-hydrogen) atoms. The first-order chi connectivity index (χ1) is 16.1. The highest BCUT2D eigenvalue weighted by atomic mass is 35.5. The maximum Gasteiger partial charge on any atom is 0.279 e. The van der Waals surface area contributed by atoms with Crippen LogP contribution in [0.2, 0.25) is 10.0 Å². The van der Waals surface area contributed by atoms with Crippen molar-refractivity contribution in [3.8, 4) is 10.6 Å². The van der Waals surface area contributed by atoms with E-state index in [9.17, 15) is 17.6 Å². The summed E-state index contributed by atoms with van der Waals surface area (Å²) in [7, 11) is -2.49. The summed E-state index contributed by atoms with van der Waals surface area (Å²) in [5.41, 5.74) is 0.474. The molecule has 0 unspecified atom stereocenters. The number of anilines is 1. The number of benzene rings is 1. The van der Waals surface area contributed by atoms with Crippen LogP contribution in [0.4, 0.5) is 10.1 Å². The van der Waals surface area contributed by atoms with Crippen molar-refractivity contribution in [3.63, 3.8) is 0 Å². The molecule has 0 amide bonds. The molecule has 9 nitrogen and oxygen atoms in total. The Morgan fingerprint density at radius 2 is 1.82 bits per heavy atom. The van der Waals surface area contributed by atoms with Crippen LogP contribution >= 0.6 is 34.5 Å². The van der Waals surface area contributed by atoms with Gasteiger partial charge < -0.3 is 0 Å². The normalized spacial score (nSPS) is 11.6. The Balaban J connectivity index is 0.00000158. The summed E-state index contributed by atoms with van der Waals surface area (Å²) in [6.45, 7) is 5.77. The monoisotopic (exact) mass is 544 g/mol. The van der Waals surface area contributed by atoms with Crippen molar-refractivity contribution >= 4 is 62.0 Å². The molecular formula is C20H19Cl2FN6O3S2. The van der Waals surface area contributed by atoms with Crippen molar-refractivity contribution in [2.24, 2.45) is 7.05 Å². The smallest absolute Gasteiger partial charge is 0.277 e. The number of aromatic nitrogens is 5. The van der Waals surface area contributed by atoms with Gasteiger partial charge in [-0.3, -0.25) is 9.52 Å². The second-order valence-corrected chi connectivity index (χ2v) is 10.1. The van der Waals surface area contributed by atoms with Gasteiger partial charge in [-0.15, -0.1) is 10.2 Å². The van der Waals surface area contributed by atoms with Gasteiger partial charge in [0.25, 0.3) is 15.6 Å². The highest BCUT2D eigenvalue weighted by molar-refractivity contribution is 7.95. The second kappa shape index (κ2) is 10.2. The average molecular weight is 545 g/mol. The van der Waals surface area contributed by atoms with Crippen LogP contribution in [0.1, 0.15) is 24.4 Å². The van der Waals surface area contributed by atoms with Crippen molar-refractivity contribution in [2.45, 2.75) is 20.8 Å². The molecule has 0 radical (unpaired) electrons. The topological polar surface area (TPSA) is 111 Å². The molecule has 1 aromatic carbocycles. The number of rotatable bonds is 5. The maximum atomic E-state index is 13.3. The minimum absolute atomic E-state index is 0.0358. The van der Waals surface area contributed by atoms with Crippen molar-refractivity contribution in [1.29, 1.82) is 0 Å². The average Bonchev–Trinajstić information content (AvgIpc) is 3.29. The van der Waals surface area contributed by atoms with Gasteiger partial charge in [0.1, 0.15) is 16.4 Å². The minimum atomic E-state index is -4.01. The molecule has 0 atom stereocenters. The summed E-state index contributed by atoms with van der Waals surface area (Å²) in [6.07, 6.45) is 3.83. The summed E-state index contributed by atoms with van der Waals surface area (Å²) in [5, 5.41) is 9.80. The fraction of sp³-hybridized carbons (Fsp3) is 0.200. The SMILES string of the molecule is CC.Cc1nnc(-c2c(=O)n(C)n3cc(NS(=O)(=O)/C=C/c4c(Cl)cc(F)cc4Cl)cnc23)s1. The first kappa shape index (κ1) is 25.8. The van der Waals surface area contributed by atoms with E-state index in [1.165, 1.54) is 40.0 Å². The predicted molar refractivity (Wildman–Crippen MR) is 133 cm³/mol. The number of hydrogen-bond donors (Lipinski definition) is 1. The molecule has 0 spiro atoms. The Labute approximate surface area is 208 Å². The summed E-state index contributed by atoms with van der Waals surface area (Å²) >= 11 is 13.1. The molecule has 0 fully saturated rings. The number of halogens is 3. The number of fused-ring (bicyclic) bond motifs is 1. The summed E-state index contributed by atoms with van der Waals surface area (Å²) in [6, 6.07) is 2.04. The molecule has 14 heteroatoms. The van der Waals surface area contributed by atoms with Crippen LogP contribution in [0.5, 0.6) is 0 Å². The lowest BCUT2D eigenvalue weighted by Gasteiger charge is -2.07. The van der Waals surface area contributed by atoms with Gasteiger partial charge in [-0.1, -0.05) is 48.4 Å². The van der Waals surface area contributed by atoms with Crippen LogP contribution in [0, 0.1) is 12.7 Å². The largest absolute Gasteiger partial charge is 0.279 e. The zero-order valence-electron chi connectivity index (χ0n) is 18.4. The maximum absolute atomic E-state index is 13.3. The van der Waals surface area contributed by atoms with Crippen LogP contribution in [-0.4, -0.2) is 32.8 Å². The highest BCUT2D eigenvalue weighted by Crippen LogP contribution is 2.28. The molecule has 0 aliphatic carbocycles. The van der Waals surface area contributed by atoms with Gasteiger partial charge in [0.15, 0.2) is 10.7 Å². The fourth-order valence-electron chi connectivity index (χ4n) is 2.89. The van der Waals surface area contributed by atoms with Crippen molar-refractivity contribution in [1.82, 2.24) is 24.4 Å². The zero-order valence-corrected chi connectivity index (χ0v) is 21.5. The van der Waals surface area contributed by atoms with Crippen LogP contribution in [0.3, 0.4) is 0 Å². The van der Waals surface area contributed by atoms with Crippen molar-refractivity contribution in [2.75, 3.05) is 4.72 Å². The molecule has 0 aliphatic rings. The Bertz CT molecular complexity index is 1540. The Morgan fingerprint density at radius 3 is 2.41 bits per heavy atom. The van der Waals surface area contributed by atoms with Crippen LogP contribution < -0.4 is 10.3 Å². The fourth-order valence-corrected chi connectivity index (χ4v) is 5.01. The van der Waals surface area contributed by atoms with Gasteiger partial charge in [0, 0.05) is 12.6 Å². The molecule has 4 rings (SSSR count). The lowest BCUT2D eigenvalue weighted by molar-refractivity contribution is 0.609. The molecule has 1 N–H and O–H groups in total. The van der Waals surface area contributed by atoms with Gasteiger partial charge in [0.05, 0.1) is 33.5 Å². The molecular weight excluding hydrogens is 526 g/mol. The number of nitrogens with one attached hydrogen (secondary N) is 1. The Kier molecular flexibility index (Phi) is 7.76.